The molecule has 20 heavy (non-hydrogen) atoms. The van der Waals surface area contributed by atoms with Crippen LogP contribution < -0.4 is 4.73 Å². The number of para-hydroxylation sites is 1. The Balaban J connectivity index is 2.57. The number of rotatable bonds is 3. The van der Waals surface area contributed by atoms with Gasteiger partial charge in [0.2, 0.25) is 11.5 Å². The molecule has 102 valence electrons. The van der Waals surface area contributed by atoms with Crippen LogP contribution in [0.25, 0.3) is 0 Å². The summed E-state index contributed by atoms with van der Waals surface area (Å²) in [4.78, 5) is 23.8. The fraction of sp³-hybridized carbons (Fsp3) is 0.133. The van der Waals surface area contributed by atoms with Crippen LogP contribution in [0.15, 0.2) is 36.5 Å². The van der Waals surface area contributed by atoms with Crippen LogP contribution in [0, 0.1) is 12.1 Å². The number of phenolic OH excluding ortho intramolecular Hbond substituents is 1. The van der Waals surface area contributed by atoms with E-state index in [0.717, 1.165) is 6.20 Å². The average Bonchev–Trinajstić information content (AvgIpc) is 2.41. The van der Waals surface area contributed by atoms with Gasteiger partial charge in [0.1, 0.15) is 5.75 Å². The summed E-state index contributed by atoms with van der Waals surface area (Å²) in [6.45, 7) is 2.84. The van der Waals surface area contributed by atoms with Crippen LogP contribution in [0.2, 0.25) is 0 Å². The molecule has 2 aromatic rings. The van der Waals surface area contributed by atoms with Crippen molar-refractivity contribution in [2.75, 3.05) is 0 Å². The van der Waals surface area contributed by atoms with E-state index in [1.165, 1.54) is 32.0 Å². The topological polar surface area (TPSA) is 81.3 Å². The van der Waals surface area contributed by atoms with E-state index in [0.29, 0.717) is 4.73 Å². The summed E-state index contributed by atoms with van der Waals surface area (Å²) < 4.78 is 0.490. The Bertz CT molecular complexity index is 707. The van der Waals surface area contributed by atoms with E-state index in [2.05, 4.69) is 0 Å². The molecule has 0 spiro atoms. The molecule has 0 aliphatic rings. The molecule has 0 atom stereocenters. The second kappa shape index (κ2) is 5.13. The van der Waals surface area contributed by atoms with Crippen LogP contribution in [-0.4, -0.2) is 16.7 Å². The average molecular weight is 271 g/mol. The Morgan fingerprint density at radius 1 is 1.20 bits per heavy atom. The summed E-state index contributed by atoms with van der Waals surface area (Å²) in [5, 5.41) is 21.4. The van der Waals surface area contributed by atoms with Crippen molar-refractivity contribution in [3.63, 3.8) is 0 Å². The summed E-state index contributed by atoms with van der Waals surface area (Å²) in [5.41, 5.74) is 0.593. The molecule has 5 nitrogen and oxygen atoms in total. The number of nitrogens with zero attached hydrogens (tertiary/aromatic N) is 1. The standard InChI is InChI=1S/C15H13NO4/c1-9-13(10(2)17)7-11(8-16(9)20)15(19)12-5-3-4-6-14(12)18/h3-8,18H,1-2H3. The Morgan fingerprint density at radius 2 is 1.85 bits per heavy atom. The fourth-order valence-corrected chi connectivity index (χ4v) is 1.94. The van der Waals surface area contributed by atoms with Gasteiger partial charge >= 0.3 is 0 Å². The lowest BCUT2D eigenvalue weighted by atomic mass is 10.0. The van der Waals surface area contributed by atoms with Crippen molar-refractivity contribution in [2.45, 2.75) is 13.8 Å². The Hall–Kier alpha value is -2.69. The summed E-state index contributed by atoms with van der Waals surface area (Å²) >= 11 is 0. The number of aromatic hydroxyl groups is 1. The molecule has 2 rings (SSSR count). The molecule has 1 N–H and O–H groups in total. The minimum absolute atomic E-state index is 0.0669. The van der Waals surface area contributed by atoms with Gasteiger partial charge in [-0.05, 0) is 25.1 Å². The normalized spacial score (nSPS) is 10.3. The minimum Gasteiger partial charge on any atom is -0.618 e. The van der Waals surface area contributed by atoms with Gasteiger partial charge in [0, 0.05) is 6.92 Å². The molecule has 0 radical (unpaired) electrons. The quantitative estimate of drug-likeness (QED) is 0.524. The van der Waals surface area contributed by atoms with Crippen molar-refractivity contribution in [1.82, 2.24) is 0 Å². The second-order valence-electron chi connectivity index (χ2n) is 4.46. The highest BCUT2D eigenvalue weighted by atomic mass is 16.5. The van der Waals surface area contributed by atoms with E-state index < -0.39 is 5.78 Å². The third-order valence-corrected chi connectivity index (χ3v) is 3.07. The van der Waals surface area contributed by atoms with Gasteiger partial charge in [-0.3, -0.25) is 9.59 Å². The Labute approximate surface area is 115 Å². The van der Waals surface area contributed by atoms with E-state index in [-0.39, 0.29) is 33.9 Å². The zero-order chi connectivity index (χ0) is 14.9. The lowest BCUT2D eigenvalue weighted by Crippen LogP contribution is -2.33. The number of hydrogen-bond donors (Lipinski definition) is 1. The van der Waals surface area contributed by atoms with Gasteiger partial charge in [-0.25, -0.2) is 0 Å². The smallest absolute Gasteiger partial charge is 0.202 e. The van der Waals surface area contributed by atoms with Gasteiger partial charge in [-0.15, -0.1) is 0 Å². The number of benzene rings is 1. The number of pyridine rings is 1. The molecule has 0 bridgehead atoms. The maximum atomic E-state index is 12.3. The van der Waals surface area contributed by atoms with Crippen molar-refractivity contribution in [3.05, 3.63) is 64.1 Å². The molecule has 0 fully saturated rings. The first-order valence-electron chi connectivity index (χ1n) is 5.99. The van der Waals surface area contributed by atoms with Gasteiger partial charge in [0.05, 0.1) is 16.7 Å². The van der Waals surface area contributed by atoms with Crippen LogP contribution in [0.1, 0.15) is 38.9 Å². The number of carbonyl (C=O) groups excluding carboxylic acids is 2. The maximum Gasteiger partial charge on any atom is 0.202 e. The zero-order valence-electron chi connectivity index (χ0n) is 11.1. The van der Waals surface area contributed by atoms with Crippen LogP contribution >= 0.6 is 0 Å². The molecule has 5 heteroatoms. The largest absolute Gasteiger partial charge is 0.618 e. The van der Waals surface area contributed by atoms with Crippen LogP contribution in [-0.2, 0) is 0 Å². The van der Waals surface area contributed by atoms with Crippen molar-refractivity contribution in [3.8, 4) is 5.75 Å². The van der Waals surface area contributed by atoms with Gasteiger partial charge in [-0.2, -0.15) is 4.73 Å². The first-order valence-corrected chi connectivity index (χ1v) is 5.99. The predicted octanol–water partition coefficient (Wildman–Crippen LogP) is 1.77. The van der Waals surface area contributed by atoms with E-state index in [4.69, 9.17) is 0 Å². The molecule has 0 saturated heterocycles. The van der Waals surface area contributed by atoms with Crippen molar-refractivity contribution < 1.29 is 19.4 Å². The third-order valence-electron chi connectivity index (χ3n) is 3.07. The molecule has 1 aromatic heterocycles. The number of Topliss-reactive ketones (excluding diaryl/α,β-unsaturated/α-hetero) is 1. The van der Waals surface area contributed by atoms with E-state index in [1.54, 1.807) is 12.1 Å². The summed E-state index contributed by atoms with van der Waals surface area (Å²) in [7, 11) is 0. The van der Waals surface area contributed by atoms with Crippen LogP contribution in [0.5, 0.6) is 5.75 Å². The minimum atomic E-state index is -0.504. The first kappa shape index (κ1) is 13.7. The molecular weight excluding hydrogens is 258 g/mol. The lowest BCUT2D eigenvalue weighted by molar-refractivity contribution is -0.612. The third kappa shape index (κ3) is 2.38. The van der Waals surface area contributed by atoms with Crippen molar-refractivity contribution in [1.29, 1.82) is 0 Å². The van der Waals surface area contributed by atoms with Crippen molar-refractivity contribution >= 4 is 11.6 Å². The number of phenols is 1. The number of aromatic nitrogens is 1. The van der Waals surface area contributed by atoms with Gasteiger partial charge < -0.3 is 10.3 Å². The SMILES string of the molecule is CC(=O)c1cc(C(=O)c2ccccc2O)c[n+]([O-])c1C. The summed E-state index contributed by atoms with van der Waals surface area (Å²) in [6, 6.07) is 7.42. The molecule has 0 aliphatic heterocycles. The number of carbonyl (C=O) groups is 2. The fourth-order valence-electron chi connectivity index (χ4n) is 1.94. The van der Waals surface area contributed by atoms with E-state index in [1.807, 2.05) is 0 Å². The molecule has 1 aromatic carbocycles. The molecule has 0 amide bonds. The zero-order valence-corrected chi connectivity index (χ0v) is 11.1. The summed E-state index contributed by atoms with van der Waals surface area (Å²) in [6.07, 6.45) is 1.11. The highest BCUT2D eigenvalue weighted by Gasteiger charge is 2.20. The van der Waals surface area contributed by atoms with Gasteiger partial charge in [0.25, 0.3) is 0 Å². The molecule has 0 unspecified atom stereocenters. The number of hydrogen-bond acceptors (Lipinski definition) is 4. The molecule has 0 aliphatic carbocycles. The highest BCUT2D eigenvalue weighted by molar-refractivity contribution is 6.11. The highest BCUT2D eigenvalue weighted by Crippen LogP contribution is 2.20. The number of ketones is 2. The monoisotopic (exact) mass is 271 g/mol. The summed E-state index contributed by atoms with van der Waals surface area (Å²) in [5.74, 6) is -0.964. The van der Waals surface area contributed by atoms with Crippen LogP contribution in [0.4, 0.5) is 0 Å². The first-order chi connectivity index (χ1) is 9.41. The maximum absolute atomic E-state index is 12.3. The lowest BCUT2D eigenvalue weighted by Gasteiger charge is -2.08. The van der Waals surface area contributed by atoms with Gasteiger partial charge in [-0.1, -0.05) is 12.1 Å². The van der Waals surface area contributed by atoms with E-state index >= 15 is 0 Å². The molecular formula is C15H13NO4. The predicted molar refractivity (Wildman–Crippen MR) is 71.7 cm³/mol. The second-order valence-corrected chi connectivity index (χ2v) is 4.46. The Kier molecular flexibility index (Phi) is 3.52. The Morgan fingerprint density at radius 3 is 2.45 bits per heavy atom. The van der Waals surface area contributed by atoms with Crippen molar-refractivity contribution in [2.24, 2.45) is 0 Å². The molecule has 0 saturated carbocycles. The molecule has 1 heterocycles. The van der Waals surface area contributed by atoms with Crippen LogP contribution in [0.3, 0.4) is 0 Å². The van der Waals surface area contributed by atoms with Gasteiger partial charge in [0.15, 0.2) is 12.0 Å². The van der Waals surface area contributed by atoms with E-state index in [9.17, 15) is 19.9 Å².